The summed E-state index contributed by atoms with van der Waals surface area (Å²) in [6.07, 6.45) is -0.222. The maximum absolute atomic E-state index is 13.6. The second-order valence-corrected chi connectivity index (χ2v) is 12.0. The minimum atomic E-state index is -0.986. The van der Waals surface area contributed by atoms with Crippen molar-refractivity contribution < 1.29 is 38.1 Å². The van der Waals surface area contributed by atoms with E-state index in [4.69, 9.17) is 24.7 Å². The number of hydrogen-bond donors (Lipinski definition) is 1. The van der Waals surface area contributed by atoms with E-state index in [1.54, 1.807) is 36.4 Å². The van der Waals surface area contributed by atoms with Crippen LogP contribution in [0, 0.1) is 29.6 Å². The molecule has 1 aromatic heterocycles. The molecule has 5 rings (SSSR count). The summed E-state index contributed by atoms with van der Waals surface area (Å²) in [5.74, 6) is -1.57. The molecule has 1 aliphatic rings. The summed E-state index contributed by atoms with van der Waals surface area (Å²) in [5, 5.41) is 19.3. The molecule has 13 nitrogen and oxygen atoms in total. The molecule has 2 N–H and O–H groups in total. The van der Waals surface area contributed by atoms with Gasteiger partial charge in [0.15, 0.2) is 23.9 Å². The molecule has 0 spiro atoms. The molecule has 1 aliphatic heterocycles. The van der Waals surface area contributed by atoms with Crippen molar-refractivity contribution in [3.05, 3.63) is 88.5 Å². The summed E-state index contributed by atoms with van der Waals surface area (Å²) in [7, 11) is 4.27. The number of ether oxygens (including phenoxy) is 4. The van der Waals surface area contributed by atoms with Crippen LogP contribution < -0.4 is 24.8 Å². The molecule has 1 unspecified atom stereocenters. The van der Waals surface area contributed by atoms with E-state index in [0.717, 1.165) is 22.2 Å². The van der Waals surface area contributed by atoms with Gasteiger partial charge >= 0.3 is 5.97 Å². The van der Waals surface area contributed by atoms with Crippen molar-refractivity contribution in [1.82, 2.24) is 4.98 Å². The van der Waals surface area contributed by atoms with Crippen molar-refractivity contribution in [2.24, 2.45) is 0 Å². The van der Waals surface area contributed by atoms with Gasteiger partial charge in [0.1, 0.15) is 28.5 Å². The van der Waals surface area contributed by atoms with Gasteiger partial charge < -0.3 is 24.7 Å². The molecule has 1 saturated heterocycles. The van der Waals surface area contributed by atoms with Crippen LogP contribution in [-0.4, -0.2) is 61.7 Å². The molecule has 3 aromatic carbocycles. The van der Waals surface area contributed by atoms with Crippen molar-refractivity contribution in [3.8, 4) is 40.5 Å². The molecular weight excluding hydrogens is 662 g/mol. The number of ketones is 1. The fraction of sp³-hybridized carbons (Fsp3) is 0.194. The normalized spacial score (nSPS) is 13.7. The largest absolute Gasteiger partial charge is 0.493 e. The Morgan fingerprint density at radius 2 is 1.52 bits per heavy atom. The van der Waals surface area contributed by atoms with Gasteiger partial charge in [-0.25, -0.2) is 14.7 Å². The predicted octanol–water partition coefficient (Wildman–Crippen LogP) is 4.87. The molecule has 14 heteroatoms. The number of nitrogen functional groups attached to an aromatic ring is 1. The number of pyridine rings is 1. The number of benzene rings is 3. The monoisotopic (exact) mass is 691 g/mol. The Morgan fingerprint density at radius 1 is 0.920 bits per heavy atom. The summed E-state index contributed by atoms with van der Waals surface area (Å²) in [6, 6.07) is 19.7. The maximum Gasteiger partial charge on any atom is 0.338 e. The van der Waals surface area contributed by atoms with E-state index in [-0.39, 0.29) is 62.5 Å². The number of aromatic nitrogens is 1. The van der Waals surface area contributed by atoms with E-state index >= 15 is 0 Å². The zero-order chi connectivity index (χ0) is 36.1. The number of carbonyl (C=O) groups is 4. The highest BCUT2D eigenvalue weighted by molar-refractivity contribution is 8.00. The number of nitriles is 2. The van der Waals surface area contributed by atoms with E-state index in [0.29, 0.717) is 16.9 Å². The number of imide groups is 1. The van der Waals surface area contributed by atoms with Crippen molar-refractivity contribution in [1.29, 1.82) is 10.5 Å². The van der Waals surface area contributed by atoms with Crippen LogP contribution in [0.2, 0.25) is 0 Å². The predicted molar refractivity (Wildman–Crippen MR) is 182 cm³/mol. The van der Waals surface area contributed by atoms with Crippen LogP contribution in [0.25, 0.3) is 11.1 Å². The Kier molecular flexibility index (Phi) is 10.3. The Balaban J connectivity index is 1.37. The molecular formula is C36H29N5O8S. The number of thioether (sulfide) groups is 1. The number of hydrogen-bond acceptors (Lipinski definition) is 13. The smallest absolute Gasteiger partial charge is 0.338 e. The van der Waals surface area contributed by atoms with E-state index in [1.807, 2.05) is 13.0 Å². The summed E-state index contributed by atoms with van der Waals surface area (Å²) in [6.45, 7) is 1.44. The van der Waals surface area contributed by atoms with Crippen LogP contribution in [0.4, 0.5) is 11.5 Å². The topological polar surface area (TPSA) is 195 Å². The highest BCUT2D eigenvalue weighted by atomic mass is 32.2. The van der Waals surface area contributed by atoms with Gasteiger partial charge in [-0.2, -0.15) is 10.5 Å². The lowest BCUT2D eigenvalue weighted by molar-refractivity contribution is -0.121. The quantitative estimate of drug-likeness (QED) is 0.127. The van der Waals surface area contributed by atoms with Crippen LogP contribution in [-0.2, 0) is 14.3 Å². The van der Waals surface area contributed by atoms with Gasteiger partial charge in [0.2, 0.25) is 17.6 Å². The number of aryl methyl sites for hydroxylation is 1. The van der Waals surface area contributed by atoms with Gasteiger partial charge in [0.25, 0.3) is 0 Å². The van der Waals surface area contributed by atoms with Gasteiger partial charge in [0, 0.05) is 17.5 Å². The zero-order valence-corrected chi connectivity index (χ0v) is 28.1. The standard InChI is InChI=1S/C36H29N5O8S/c1-19-5-7-20(8-6-19)26(42)18-49-36(45)21-9-11-23(12-10-21)41-30(43)15-29(35(41)44)50-34-25(17-38)31(24(16-37)33(39)40-34)22-13-27(46-2)32(48-4)28(14-22)47-3/h5-14,29H,15,18H2,1-4H3,(H2,39,40). The van der Waals surface area contributed by atoms with Gasteiger partial charge in [-0.15, -0.1) is 0 Å². The van der Waals surface area contributed by atoms with Crippen molar-refractivity contribution >= 4 is 46.8 Å². The van der Waals surface area contributed by atoms with Crippen LogP contribution in [0.1, 0.15) is 43.8 Å². The summed E-state index contributed by atoms with van der Waals surface area (Å²) in [4.78, 5) is 57.0. The maximum atomic E-state index is 13.6. The van der Waals surface area contributed by atoms with Crippen molar-refractivity contribution in [2.45, 2.75) is 23.6 Å². The fourth-order valence-corrected chi connectivity index (χ4v) is 6.40. The number of Topliss-reactive ketones (excluding diaryl/α,β-unsaturated/α-hetero) is 1. The first-order valence-electron chi connectivity index (χ1n) is 14.9. The number of carbonyl (C=O) groups excluding carboxylic acids is 4. The minimum absolute atomic E-state index is 0.0408. The number of nitrogens with two attached hydrogens (primary N) is 1. The fourth-order valence-electron chi connectivity index (χ4n) is 5.28. The molecule has 252 valence electrons. The summed E-state index contributed by atoms with van der Waals surface area (Å²) in [5.41, 5.74) is 8.29. The minimum Gasteiger partial charge on any atom is -0.493 e. The Bertz CT molecular complexity index is 2080. The van der Waals surface area contributed by atoms with E-state index < -0.39 is 29.6 Å². The van der Waals surface area contributed by atoms with Crippen molar-refractivity contribution in [2.75, 3.05) is 38.6 Å². The van der Waals surface area contributed by atoms with E-state index in [9.17, 15) is 29.7 Å². The first-order chi connectivity index (χ1) is 24.0. The summed E-state index contributed by atoms with van der Waals surface area (Å²) >= 11 is 0.870. The molecule has 0 radical (unpaired) electrons. The third-order valence-electron chi connectivity index (χ3n) is 7.80. The third-order valence-corrected chi connectivity index (χ3v) is 8.97. The molecule has 0 bridgehead atoms. The molecule has 2 heterocycles. The average molecular weight is 692 g/mol. The van der Waals surface area contributed by atoms with Gasteiger partial charge in [0.05, 0.1) is 43.4 Å². The molecule has 2 amide bonds. The van der Waals surface area contributed by atoms with E-state index in [1.165, 1.54) is 45.6 Å². The van der Waals surface area contributed by atoms with Crippen LogP contribution in [0.5, 0.6) is 17.2 Å². The first kappa shape index (κ1) is 34.9. The molecule has 4 aromatic rings. The van der Waals surface area contributed by atoms with Gasteiger partial charge in [-0.3, -0.25) is 14.4 Å². The molecule has 1 fully saturated rings. The Morgan fingerprint density at radius 3 is 2.08 bits per heavy atom. The Hall–Kier alpha value is -6.38. The number of anilines is 2. The van der Waals surface area contributed by atoms with Gasteiger partial charge in [-0.05, 0) is 48.9 Å². The molecule has 1 atom stereocenters. The molecule has 50 heavy (non-hydrogen) atoms. The highest BCUT2D eigenvalue weighted by Crippen LogP contribution is 2.45. The number of methoxy groups -OCH3 is 3. The van der Waals surface area contributed by atoms with Crippen LogP contribution >= 0.6 is 11.8 Å². The lowest BCUT2D eigenvalue weighted by Crippen LogP contribution is -2.31. The number of esters is 1. The average Bonchev–Trinajstić information content (AvgIpc) is 3.40. The molecule has 0 saturated carbocycles. The second-order valence-electron chi connectivity index (χ2n) is 10.9. The number of rotatable bonds is 11. The first-order valence-corrected chi connectivity index (χ1v) is 15.8. The highest BCUT2D eigenvalue weighted by Gasteiger charge is 2.41. The van der Waals surface area contributed by atoms with Gasteiger partial charge in [-0.1, -0.05) is 41.6 Å². The lowest BCUT2D eigenvalue weighted by Gasteiger charge is -2.18. The van der Waals surface area contributed by atoms with Crippen LogP contribution in [0.3, 0.4) is 0 Å². The SMILES string of the molecule is COc1cc(-c2c(C#N)c(N)nc(SC3CC(=O)N(c4ccc(C(=O)OCC(=O)c5ccc(C)cc5)cc4)C3=O)c2C#N)cc(OC)c1OC. The van der Waals surface area contributed by atoms with Crippen molar-refractivity contribution in [3.63, 3.8) is 0 Å². The Labute approximate surface area is 291 Å². The van der Waals surface area contributed by atoms with E-state index in [2.05, 4.69) is 11.1 Å². The summed E-state index contributed by atoms with van der Waals surface area (Å²) < 4.78 is 21.5. The lowest BCUT2D eigenvalue weighted by atomic mass is 9.96. The second kappa shape index (κ2) is 14.8. The number of amides is 2. The van der Waals surface area contributed by atoms with Crippen LogP contribution in [0.15, 0.2) is 65.7 Å². The zero-order valence-electron chi connectivity index (χ0n) is 27.3. The number of nitrogens with zero attached hydrogens (tertiary/aromatic N) is 4. The molecule has 0 aliphatic carbocycles. The third kappa shape index (κ3) is 6.78.